The molecule has 1 amide bonds. The third kappa shape index (κ3) is 6.66. The van der Waals surface area contributed by atoms with E-state index in [4.69, 9.17) is 4.74 Å². The SMILES string of the molecule is CC(=O)NC1CCN(CCOc2ccc(OC(F)(F)F)cc2)CC1. The van der Waals surface area contributed by atoms with E-state index in [9.17, 15) is 18.0 Å². The number of piperidine rings is 1. The topological polar surface area (TPSA) is 50.8 Å². The minimum absolute atomic E-state index is 0.00488. The van der Waals surface area contributed by atoms with Crippen LogP contribution in [0.1, 0.15) is 19.8 Å². The van der Waals surface area contributed by atoms with Crippen molar-refractivity contribution in [2.75, 3.05) is 26.2 Å². The number of rotatable bonds is 6. The Labute approximate surface area is 138 Å². The fourth-order valence-electron chi connectivity index (χ4n) is 2.62. The highest BCUT2D eigenvalue weighted by Crippen LogP contribution is 2.24. The molecule has 1 aliphatic rings. The molecule has 8 heteroatoms. The van der Waals surface area contributed by atoms with Crippen molar-refractivity contribution < 1.29 is 27.4 Å². The molecule has 5 nitrogen and oxygen atoms in total. The van der Waals surface area contributed by atoms with Gasteiger partial charge in [-0.2, -0.15) is 0 Å². The smallest absolute Gasteiger partial charge is 0.492 e. The van der Waals surface area contributed by atoms with Gasteiger partial charge in [-0.3, -0.25) is 9.69 Å². The van der Waals surface area contributed by atoms with E-state index in [0.29, 0.717) is 12.4 Å². The van der Waals surface area contributed by atoms with Crippen LogP contribution in [0.4, 0.5) is 13.2 Å². The molecule has 1 aromatic carbocycles. The Morgan fingerprint density at radius 3 is 2.33 bits per heavy atom. The third-order valence-corrected chi connectivity index (χ3v) is 3.73. The van der Waals surface area contributed by atoms with Crippen LogP contribution in [0.5, 0.6) is 11.5 Å². The Hall–Kier alpha value is -1.96. The van der Waals surface area contributed by atoms with Crippen LogP contribution in [-0.2, 0) is 4.79 Å². The number of ether oxygens (including phenoxy) is 2. The fraction of sp³-hybridized carbons (Fsp3) is 0.562. The summed E-state index contributed by atoms with van der Waals surface area (Å²) in [5, 5.41) is 2.92. The van der Waals surface area contributed by atoms with Gasteiger partial charge in [0.1, 0.15) is 18.1 Å². The number of halogens is 3. The second-order valence-corrected chi connectivity index (χ2v) is 5.68. The van der Waals surface area contributed by atoms with Gasteiger partial charge in [0.2, 0.25) is 5.91 Å². The van der Waals surface area contributed by atoms with Gasteiger partial charge < -0.3 is 14.8 Å². The molecule has 0 aliphatic carbocycles. The molecule has 0 bridgehead atoms. The average Bonchev–Trinajstić information content (AvgIpc) is 2.49. The van der Waals surface area contributed by atoms with Crippen LogP contribution in [-0.4, -0.2) is 49.5 Å². The first-order valence-corrected chi connectivity index (χ1v) is 7.80. The zero-order chi connectivity index (χ0) is 17.6. The van der Waals surface area contributed by atoms with Crippen molar-refractivity contribution in [3.05, 3.63) is 24.3 Å². The van der Waals surface area contributed by atoms with E-state index in [1.165, 1.54) is 31.2 Å². The minimum Gasteiger partial charge on any atom is -0.492 e. The summed E-state index contributed by atoms with van der Waals surface area (Å²) in [4.78, 5) is 13.2. The highest BCUT2D eigenvalue weighted by atomic mass is 19.4. The summed E-state index contributed by atoms with van der Waals surface area (Å²) in [5.41, 5.74) is 0. The average molecular weight is 346 g/mol. The molecule has 1 aromatic rings. The molecule has 1 saturated heterocycles. The first kappa shape index (κ1) is 18.4. The summed E-state index contributed by atoms with van der Waals surface area (Å²) in [6.45, 7) is 4.46. The van der Waals surface area contributed by atoms with Crippen LogP contribution in [0.25, 0.3) is 0 Å². The highest BCUT2D eigenvalue weighted by molar-refractivity contribution is 5.73. The summed E-state index contributed by atoms with van der Waals surface area (Å²) in [5.74, 6) is 0.224. The van der Waals surface area contributed by atoms with Crippen LogP contribution < -0.4 is 14.8 Å². The van der Waals surface area contributed by atoms with Crippen LogP contribution in [0.15, 0.2) is 24.3 Å². The van der Waals surface area contributed by atoms with Crippen molar-refractivity contribution in [3.63, 3.8) is 0 Å². The molecule has 0 aromatic heterocycles. The van der Waals surface area contributed by atoms with E-state index in [-0.39, 0.29) is 17.7 Å². The zero-order valence-electron chi connectivity index (χ0n) is 13.4. The molecule has 1 fully saturated rings. The Balaban J connectivity index is 1.67. The summed E-state index contributed by atoms with van der Waals surface area (Å²) in [7, 11) is 0. The standard InChI is InChI=1S/C16H21F3N2O3/c1-12(22)20-13-6-8-21(9-7-13)10-11-23-14-2-4-15(5-3-14)24-16(17,18)19/h2-5,13H,6-11H2,1H3,(H,20,22). The Bertz CT molecular complexity index is 526. The van der Waals surface area contributed by atoms with Gasteiger partial charge in [-0.25, -0.2) is 0 Å². The van der Waals surface area contributed by atoms with Gasteiger partial charge in [0.15, 0.2) is 0 Å². The zero-order valence-corrected chi connectivity index (χ0v) is 13.4. The highest BCUT2D eigenvalue weighted by Gasteiger charge is 2.31. The van der Waals surface area contributed by atoms with Crippen molar-refractivity contribution in [1.82, 2.24) is 10.2 Å². The molecule has 0 spiro atoms. The van der Waals surface area contributed by atoms with Crippen molar-refractivity contribution in [2.45, 2.75) is 32.2 Å². The first-order chi connectivity index (χ1) is 11.3. The normalized spacial score (nSPS) is 16.7. The molecule has 0 saturated carbocycles. The number of likely N-dealkylation sites (tertiary alicyclic amines) is 1. The van der Waals surface area contributed by atoms with Gasteiger partial charge >= 0.3 is 6.36 Å². The maximum atomic E-state index is 12.1. The molecule has 0 radical (unpaired) electrons. The van der Waals surface area contributed by atoms with Crippen molar-refractivity contribution in [3.8, 4) is 11.5 Å². The predicted octanol–water partition coefficient (Wildman–Crippen LogP) is 2.56. The van der Waals surface area contributed by atoms with Gasteiger partial charge in [0.05, 0.1) is 0 Å². The minimum atomic E-state index is -4.69. The molecule has 134 valence electrons. The lowest BCUT2D eigenvalue weighted by atomic mass is 10.1. The van der Waals surface area contributed by atoms with Gasteiger partial charge in [-0.05, 0) is 37.1 Å². The maximum absolute atomic E-state index is 12.1. The predicted molar refractivity (Wildman–Crippen MR) is 81.9 cm³/mol. The molecule has 0 atom stereocenters. The van der Waals surface area contributed by atoms with Crippen LogP contribution in [0.3, 0.4) is 0 Å². The number of hydrogen-bond donors (Lipinski definition) is 1. The maximum Gasteiger partial charge on any atom is 0.573 e. The number of alkyl halides is 3. The van der Waals surface area contributed by atoms with E-state index in [1.54, 1.807) is 0 Å². The second-order valence-electron chi connectivity index (χ2n) is 5.68. The molecule has 1 aliphatic heterocycles. The number of benzene rings is 1. The molecule has 2 rings (SSSR count). The van der Waals surface area contributed by atoms with Gasteiger partial charge in [-0.15, -0.1) is 13.2 Å². The number of carbonyl (C=O) groups is 1. The molecule has 1 N–H and O–H groups in total. The molecule has 0 unspecified atom stereocenters. The van der Waals surface area contributed by atoms with Crippen LogP contribution >= 0.6 is 0 Å². The molecular formula is C16H21F3N2O3. The van der Waals surface area contributed by atoms with Gasteiger partial charge in [0.25, 0.3) is 0 Å². The number of hydrogen-bond acceptors (Lipinski definition) is 4. The Kier molecular flexibility index (Phi) is 6.30. The third-order valence-electron chi connectivity index (χ3n) is 3.73. The first-order valence-electron chi connectivity index (χ1n) is 7.80. The lowest BCUT2D eigenvalue weighted by Crippen LogP contribution is -2.45. The number of carbonyl (C=O) groups excluding carboxylic acids is 1. The van der Waals surface area contributed by atoms with E-state index >= 15 is 0 Å². The Morgan fingerprint density at radius 2 is 1.79 bits per heavy atom. The van der Waals surface area contributed by atoms with Crippen molar-refractivity contribution in [1.29, 1.82) is 0 Å². The van der Waals surface area contributed by atoms with E-state index in [2.05, 4.69) is 15.0 Å². The van der Waals surface area contributed by atoms with Crippen molar-refractivity contribution >= 4 is 5.91 Å². The van der Waals surface area contributed by atoms with E-state index < -0.39 is 6.36 Å². The Morgan fingerprint density at radius 1 is 1.21 bits per heavy atom. The lowest BCUT2D eigenvalue weighted by Gasteiger charge is -2.31. The van der Waals surface area contributed by atoms with Crippen LogP contribution in [0.2, 0.25) is 0 Å². The second kappa shape index (κ2) is 8.23. The number of nitrogens with zero attached hydrogens (tertiary/aromatic N) is 1. The fourth-order valence-corrected chi connectivity index (χ4v) is 2.62. The summed E-state index contributed by atoms with van der Waals surface area (Å²) in [6, 6.07) is 5.58. The molecular weight excluding hydrogens is 325 g/mol. The number of amides is 1. The van der Waals surface area contributed by atoms with Gasteiger partial charge in [0, 0.05) is 32.6 Å². The largest absolute Gasteiger partial charge is 0.573 e. The molecule has 24 heavy (non-hydrogen) atoms. The summed E-state index contributed by atoms with van der Waals surface area (Å²) >= 11 is 0. The summed E-state index contributed by atoms with van der Waals surface area (Å²) in [6.07, 6.45) is -2.88. The number of nitrogens with one attached hydrogen (secondary N) is 1. The van der Waals surface area contributed by atoms with Crippen molar-refractivity contribution in [2.24, 2.45) is 0 Å². The van der Waals surface area contributed by atoms with E-state index in [0.717, 1.165) is 32.5 Å². The summed E-state index contributed by atoms with van der Waals surface area (Å²) < 4.78 is 45.5. The quantitative estimate of drug-likeness (QED) is 0.860. The monoisotopic (exact) mass is 346 g/mol. The lowest BCUT2D eigenvalue weighted by molar-refractivity contribution is -0.274. The van der Waals surface area contributed by atoms with Gasteiger partial charge in [-0.1, -0.05) is 0 Å². The molecule has 1 heterocycles. The van der Waals surface area contributed by atoms with E-state index in [1.807, 2.05) is 0 Å². The van der Waals surface area contributed by atoms with Crippen LogP contribution in [0, 0.1) is 0 Å².